The minimum atomic E-state index is -0.0734. The van der Waals surface area contributed by atoms with E-state index in [1.165, 1.54) is 0 Å². The van der Waals surface area contributed by atoms with E-state index >= 15 is 0 Å². The van der Waals surface area contributed by atoms with Crippen LogP contribution < -0.4 is 0 Å². The first kappa shape index (κ1) is 11.6. The Morgan fingerprint density at radius 3 is 2.44 bits per heavy atom. The zero-order valence-corrected chi connectivity index (χ0v) is 10.8. The molecule has 0 aromatic carbocycles. The predicted molar refractivity (Wildman–Crippen MR) is 65.0 cm³/mol. The first-order valence-electron chi connectivity index (χ1n) is 4.90. The minimum absolute atomic E-state index is 0.0734. The van der Waals surface area contributed by atoms with Gasteiger partial charge in [0, 0.05) is 5.41 Å². The van der Waals surface area contributed by atoms with Crippen LogP contribution in [0.4, 0.5) is 0 Å². The van der Waals surface area contributed by atoms with Gasteiger partial charge >= 0.3 is 0 Å². The maximum Gasteiger partial charge on any atom is 0.160 e. The highest BCUT2D eigenvalue weighted by Crippen LogP contribution is 2.29. The second-order valence-electron chi connectivity index (χ2n) is 4.61. The van der Waals surface area contributed by atoms with Gasteiger partial charge in [0.25, 0.3) is 0 Å². The molecule has 2 aromatic rings. The molecule has 86 valence electrons. The van der Waals surface area contributed by atoms with Crippen LogP contribution >= 0.6 is 23.2 Å². The van der Waals surface area contributed by atoms with Crippen molar-refractivity contribution in [3.05, 3.63) is 16.7 Å². The third-order valence-electron chi connectivity index (χ3n) is 2.27. The monoisotopic (exact) mass is 258 g/mol. The van der Waals surface area contributed by atoms with Crippen molar-refractivity contribution in [1.82, 2.24) is 20.2 Å². The maximum absolute atomic E-state index is 6.01. The standard InChI is InChI=1S/C10H12Cl2N4/c1-10(2,3)8-6-7(15-16-8)9(12)14-5(4-11)13-6/h4H2,1-3H3,(H,15,16). The quantitative estimate of drug-likeness (QED) is 0.632. The van der Waals surface area contributed by atoms with Crippen LogP contribution in [0, 0.1) is 0 Å². The summed E-state index contributed by atoms with van der Waals surface area (Å²) >= 11 is 11.7. The molecule has 0 aliphatic heterocycles. The highest BCUT2D eigenvalue weighted by molar-refractivity contribution is 6.33. The molecule has 0 aliphatic carbocycles. The number of aromatic amines is 1. The summed E-state index contributed by atoms with van der Waals surface area (Å²) in [4.78, 5) is 8.41. The van der Waals surface area contributed by atoms with Gasteiger partial charge in [-0.1, -0.05) is 32.4 Å². The van der Waals surface area contributed by atoms with Crippen molar-refractivity contribution in [1.29, 1.82) is 0 Å². The van der Waals surface area contributed by atoms with E-state index in [4.69, 9.17) is 23.2 Å². The largest absolute Gasteiger partial charge is 0.279 e. The summed E-state index contributed by atoms with van der Waals surface area (Å²) in [7, 11) is 0. The molecule has 0 atom stereocenters. The van der Waals surface area contributed by atoms with Crippen molar-refractivity contribution >= 4 is 34.2 Å². The zero-order chi connectivity index (χ0) is 11.9. The molecule has 1 N–H and O–H groups in total. The van der Waals surface area contributed by atoms with E-state index in [-0.39, 0.29) is 11.3 Å². The molecule has 0 fully saturated rings. The average Bonchev–Trinajstić information content (AvgIpc) is 2.60. The van der Waals surface area contributed by atoms with E-state index < -0.39 is 0 Å². The number of alkyl halides is 1. The second-order valence-corrected chi connectivity index (χ2v) is 5.24. The van der Waals surface area contributed by atoms with Crippen LogP contribution in [0.2, 0.25) is 5.15 Å². The van der Waals surface area contributed by atoms with Crippen molar-refractivity contribution in [2.24, 2.45) is 0 Å². The third-order valence-corrected chi connectivity index (χ3v) is 2.78. The lowest BCUT2D eigenvalue weighted by Gasteiger charge is -2.15. The first-order chi connectivity index (χ1) is 7.43. The number of fused-ring (bicyclic) bond motifs is 1. The van der Waals surface area contributed by atoms with E-state index in [0.717, 1.165) is 11.2 Å². The molecular weight excluding hydrogens is 247 g/mol. The molecule has 0 bridgehead atoms. The summed E-state index contributed by atoms with van der Waals surface area (Å²) in [6, 6.07) is 0. The predicted octanol–water partition coefficient (Wildman–Crippen LogP) is 3.04. The summed E-state index contributed by atoms with van der Waals surface area (Å²) in [5, 5.41) is 7.44. The van der Waals surface area contributed by atoms with Crippen molar-refractivity contribution in [3.8, 4) is 0 Å². The van der Waals surface area contributed by atoms with Crippen molar-refractivity contribution in [3.63, 3.8) is 0 Å². The zero-order valence-electron chi connectivity index (χ0n) is 9.30. The summed E-state index contributed by atoms with van der Waals surface area (Å²) in [5.41, 5.74) is 2.22. The smallest absolute Gasteiger partial charge is 0.160 e. The topological polar surface area (TPSA) is 54.5 Å². The van der Waals surface area contributed by atoms with Gasteiger partial charge in [-0.2, -0.15) is 5.10 Å². The lowest BCUT2D eigenvalue weighted by atomic mass is 9.91. The Balaban J connectivity index is 2.75. The van der Waals surface area contributed by atoms with Crippen LogP contribution in [0.3, 0.4) is 0 Å². The third kappa shape index (κ3) is 1.87. The van der Waals surface area contributed by atoms with Gasteiger partial charge in [0.15, 0.2) is 5.15 Å². The Bertz CT molecular complexity index is 527. The Morgan fingerprint density at radius 1 is 1.19 bits per heavy atom. The fourth-order valence-electron chi connectivity index (χ4n) is 1.49. The van der Waals surface area contributed by atoms with Gasteiger partial charge in [0.1, 0.15) is 16.9 Å². The van der Waals surface area contributed by atoms with Crippen molar-refractivity contribution < 1.29 is 0 Å². The summed E-state index contributed by atoms with van der Waals surface area (Å²) in [5.74, 6) is 0.760. The number of hydrogen-bond donors (Lipinski definition) is 1. The van der Waals surface area contributed by atoms with Gasteiger partial charge in [0.05, 0.1) is 11.6 Å². The summed E-state index contributed by atoms with van der Waals surface area (Å²) < 4.78 is 0. The molecule has 0 saturated carbocycles. The molecule has 0 saturated heterocycles. The number of H-pyrrole nitrogens is 1. The Morgan fingerprint density at radius 2 is 1.88 bits per heavy atom. The van der Waals surface area contributed by atoms with E-state index in [9.17, 15) is 0 Å². The number of aromatic nitrogens is 4. The summed E-state index contributed by atoms with van der Waals surface area (Å²) in [6.45, 7) is 6.24. The van der Waals surface area contributed by atoms with Crippen LogP contribution in [0.15, 0.2) is 0 Å². The van der Waals surface area contributed by atoms with E-state index in [1.807, 2.05) is 0 Å². The number of nitrogens with one attached hydrogen (secondary N) is 1. The Hall–Kier alpha value is -0.870. The molecule has 2 heterocycles. The van der Waals surface area contributed by atoms with Crippen molar-refractivity contribution in [2.75, 3.05) is 0 Å². The lowest BCUT2D eigenvalue weighted by Crippen LogP contribution is -2.12. The van der Waals surface area contributed by atoms with E-state index in [2.05, 4.69) is 40.9 Å². The van der Waals surface area contributed by atoms with Crippen LogP contribution in [-0.4, -0.2) is 20.2 Å². The molecular formula is C10H12Cl2N4. The van der Waals surface area contributed by atoms with Crippen LogP contribution in [-0.2, 0) is 11.3 Å². The number of halogens is 2. The average molecular weight is 259 g/mol. The second kappa shape index (κ2) is 3.86. The van der Waals surface area contributed by atoms with Gasteiger partial charge in [-0.25, -0.2) is 9.97 Å². The molecule has 0 aliphatic rings. The SMILES string of the molecule is CC(C)(C)c1[nH]nc2c(Cl)nc(CCl)nc12. The number of nitrogens with zero attached hydrogens (tertiary/aromatic N) is 3. The normalized spacial score (nSPS) is 12.3. The van der Waals surface area contributed by atoms with Gasteiger partial charge in [-0.3, -0.25) is 5.10 Å². The van der Waals surface area contributed by atoms with E-state index in [0.29, 0.717) is 16.5 Å². The van der Waals surface area contributed by atoms with Crippen LogP contribution in [0.25, 0.3) is 11.0 Å². The van der Waals surface area contributed by atoms with Gasteiger partial charge in [-0.15, -0.1) is 11.6 Å². The van der Waals surface area contributed by atoms with Gasteiger partial charge < -0.3 is 0 Å². The molecule has 16 heavy (non-hydrogen) atoms. The molecule has 0 unspecified atom stereocenters. The highest BCUT2D eigenvalue weighted by Gasteiger charge is 2.22. The number of rotatable bonds is 1. The molecule has 6 heteroatoms. The fourth-order valence-corrected chi connectivity index (χ4v) is 1.84. The summed E-state index contributed by atoms with van der Waals surface area (Å²) in [6.07, 6.45) is 0. The van der Waals surface area contributed by atoms with Crippen molar-refractivity contribution in [2.45, 2.75) is 32.1 Å². The van der Waals surface area contributed by atoms with Crippen LogP contribution in [0.5, 0.6) is 0 Å². The molecule has 0 radical (unpaired) electrons. The van der Waals surface area contributed by atoms with Crippen LogP contribution in [0.1, 0.15) is 32.3 Å². The van der Waals surface area contributed by atoms with Gasteiger partial charge in [0.2, 0.25) is 0 Å². The minimum Gasteiger partial charge on any atom is -0.279 e. The molecule has 0 amide bonds. The van der Waals surface area contributed by atoms with Gasteiger partial charge in [-0.05, 0) is 0 Å². The highest BCUT2D eigenvalue weighted by atomic mass is 35.5. The first-order valence-corrected chi connectivity index (χ1v) is 5.81. The number of hydrogen-bond acceptors (Lipinski definition) is 3. The lowest BCUT2D eigenvalue weighted by molar-refractivity contribution is 0.570. The fraction of sp³-hybridized carbons (Fsp3) is 0.500. The molecule has 2 aromatic heterocycles. The Kier molecular flexibility index (Phi) is 2.80. The molecule has 2 rings (SSSR count). The molecule has 4 nitrogen and oxygen atoms in total. The van der Waals surface area contributed by atoms with E-state index in [1.54, 1.807) is 0 Å². The maximum atomic E-state index is 6.01. The Labute approximate surface area is 103 Å². The molecule has 0 spiro atoms.